The van der Waals surface area contributed by atoms with E-state index in [9.17, 15) is 14.7 Å². The molecule has 0 atom stereocenters. The van der Waals surface area contributed by atoms with E-state index in [1.54, 1.807) is 50.3 Å². The van der Waals surface area contributed by atoms with Crippen molar-refractivity contribution in [2.45, 2.75) is 95.5 Å². The molecule has 8 rings (SSSR count). The number of methoxy groups -OCH3 is 3. The predicted octanol–water partition coefficient (Wildman–Crippen LogP) is 10.2. The number of amides is 2. The summed E-state index contributed by atoms with van der Waals surface area (Å²) < 4.78 is 58.4. The second-order valence-corrected chi connectivity index (χ2v) is 21.4. The first-order chi connectivity index (χ1) is 34.1. The van der Waals surface area contributed by atoms with E-state index >= 15 is 8.42 Å². The van der Waals surface area contributed by atoms with Gasteiger partial charge in [-0.15, -0.1) is 5.10 Å². The highest BCUT2D eigenvalue weighted by atomic mass is 32.2. The van der Waals surface area contributed by atoms with Crippen molar-refractivity contribution in [3.05, 3.63) is 125 Å². The topological polar surface area (TPSA) is 209 Å². The molecule has 2 heterocycles. The maximum absolute atomic E-state index is 16.4. The van der Waals surface area contributed by atoms with E-state index in [0.29, 0.717) is 57.0 Å². The smallest absolute Gasteiger partial charge is 0.410 e. The van der Waals surface area contributed by atoms with Crippen LogP contribution in [-0.2, 0) is 40.8 Å². The van der Waals surface area contributed by atoms with Gasteiger partial charge in [-0.25, -0.2) is 27.7 Å². The Hall–Kier alpha value is -7.09. The number of aromatic nitrogens is 5. The molecule has 0 aliphatic heterocycles. The molecule has 5 aromatic carbocycles. The molecule has 0 spiro atoms. The molecule has 1 fully saturated rings. The van der Waals surface area contributed by atoms with Crippen LogP contribution in [0, 0.1) is 5.92 Å². The van der Waals surface area contributed by atoms with E-state index in [0.717, 1.165) is 42.4 Å². The zero-order valence-electron chi connectivity index (χ0n) is 40.5. The molecule has 3 N–H and O–H groups in total. The van der Waals surface area contributed by atoms with Crippen molar-refractivity contribution < 1.29 is 42.1 Å². The van der Waals surface area contributed by atoms with Gasteiger partial charge in [-0.1, -0.05) is 72.0 Å². The Morgan fingerprint density at radius 3 is 1.94 bits per heavy atom. The Morgan fingerprint density at radius 1 is 0.789 bits per heavy atom. The highest BCUT2D eigenvalue weighted by molar-refractivity contribution is 7.89. The number of carbonyl (C=O) groups excluding carboxylic acids is 1. The zero-order chi connectivity index (χ0) is 50.3. The first kappa shape index (κ1) is 50.3. The number of aryl methyl sites for hydroxylation is 1. The Morgan fingerprint density at radius 2 is 1.38 bits per heavy atom. The molecule has 1 saturated carbocycles. The summed E-state index contributed by atoms with van der Waals surface area (Å²) in [7, 11) is 0.229. The average Bonchev–Trinajstić information content (AvgIpc) is 3.99. The van der Waals surface area contributed by atoms with Gasteiger partial charge in [-0.3, -0.25) is 5.32 Å². The summed E-state index contributed by atoms with van der Waals surface area (Å²) in [4.78, 5) is 29.2. The molecule has 1 aliphatic rings. The number of para-hydroxylation sites is 1. The number of benzene rings is 5. The van der Waals surface area contributed by atoms with Crippen molar-refractivity contribution in [1.82, 2.24) is 34.8 Å². The largest absolute Gasteiger partial charge is 0.497 e. The minimum atomic E-state index is -4.52. The van der Waals surface area contributed by atoms with Gasteiger partial charge in [0, 0.05) is 30.3 Å². The summed E-state index contributed by atoms with van der Waals surface area (Å²) in [6.07, 6.45) is 2.53. The Balaban J connectivity index is 1.30. The lowest BCUT2D eigenvalue weighted by Gasteiger charge is -2.30. The summed E-state index contributed by atoms with van der Waals surface area (Å²) >= 11 is 1.17. The molecule has 372 valence electrons. The van der Waals surface area contributed by atoms with Gasteiger partial charge >= 0.3 is 12.2 Å². The highest BCUT2D eigenvalue weighted by Gasteiger charge is 2.36. The Bertz CT molecular complexity index is 3020. The fraction of sp³-hybridized carbons (Fsp3) is 0.346. The molecule has 0 radical (unpaired) electrons. The van der Waals surface area contributed by atoms with Gasteiger partial charge in [0.2, 0.25) is 10.0 Å². The molecular weight excluding hydrogens is 945 g/mol. The molecule has 2 amide bonds. The number of carbonyl (C=O) groups is 2. The fourth-order valence-corrected chi connectivity index (χ4v) is 11.7. The summed E-state index contributed by atoms with van der Waals surface area (Å²) in [5, 5.41) is 28.5. The minimum Gasteiger partial charge on any atom is -0.497 e. The van der Waals surface area contributed by atoms with E-state index in [2.05, 4.69) is 26.2 Å². The number of hydrogen-bond donors (Lipinski definition) is 3. The van der Waals surface area contributed by atoms with Crippen LogP contribution >= 0.6 is 11.3 Å². The number of nitrogens with one attached hydrogen (secondary N) is 2. The van der Waals surface area contributed by atoms with Crippen LogP contribution in [0.25, 0.3) is 32.7 Å². The monoisotopic (exact) mass is 1000 g/mol. The third-order valence-electron chi connectivity index (χ3n) is 12.4. The highest BCUT2D eigenvalue weighted by Crippen LogP contribution is 2.44. The van der Waals surface area contributed by atoms with Crippen LogP contribution in [0.15, 0.2) is 108 Å². The van der Waals surface area contributed by atoms with Gasteiger partial charge in [0.25, 0.3) is 0 Å². The van der Waals surface area contributed by atoms with E-state index < -0.39 is 27.8 Å². The molecule has 7 aromatic rings. The molecular formula is C52H58N8O9S2. The molecule has 0 unspecified atom stereocenters. The standard InChI is InChI=1S/C52H58N8O9S2/c1-52(2,3)69-51(63)53-38-21-11-33(12-22-38)10-19-37-20-29-42(43-8-7-9-44-46(43)54-49(70-44)55-50(61)62)45(48-56-57-58-60(48)32-36-17-27-41(68-6)28-18-36)47(37)71(64,65)59(30-34-13-23-39(66-4)24-14-34)31-35-15-25-40(67-5)26-16-35/h7-9,13-18,20,23-29,33,38H,10-12,19,21-22,30-32H2,1-6H3,(H,53,63)(H,54,55)(H,61,62). The molecule has 1 aliphatic carbocycles. The van der Waals surface area contributed by atoms with Crippen LogP contribution in [0.4, 0.5) is 14.7 Å². The quantitative estimate of drug-likeness (QED) is 0.0732. The predicted molar refractivity (Wildman–Crippen MR) is 271 cm³/mol. The average molecular weight is 1000 g/mol. The third-order valence-corrected chi connectivity index (χ3v) is 15.3. The van der Waals surface area contributed by atoms with Gasteiger partial charge in [0.05, 0.1) is 43.0 Å². The summed E-state index contributed by atoms with van der Waals surface area (Å²) in [6.45, 7) is 5.69. The number of anilines is 1. The van der Waals surface area contributed by atoms with Crippen molar-refractivity contribution in [2.75, 3.05) is 26.6 Å². The maximum Gasteiger partial charge on any atom is 0.410 e. The number of carboxylic acid groups (broad SMARTS) is 1. The second kappa shape index (κ2) is 21.9. The molecule has 17 nitrogen and oxygen atoms in total. The lowest BCUT2D eigenvalue weighted by Crippen LogP contribution is -2.41. The minimum absolute atomic E-state index is 0.00119. The van der Waals surface area contributed by atoms with Crippen LogP contribution in [0.3, 0.4) is 0 Å². The number of alkyl carbamates (subject to hydrolysis) is 1. The number of nitrogens with zero attached hydrogens (tertiary/aromatic N) is 6. The molecule has 2 aromatic heterocycles. The van der Waals surface area contributed by atoms with Gasteiger partial charge in [0.15, 0.2) is 11.0 Å². The second-order valence-electron chi connectivity index (χ2n) is 18.5. The van der Waals surface area contributed by atoms with Crippen molar-refractivity contribution in [3.63, 3.8) is 0 Å². The van der Waals surface area contributed by atoms with E-state index in [-0.39, 0.29) is 53.0 Å². The van der Waals surface area contributed by atoms with Gasteiger partial charge in [-0.05, 0) is 146 Å². The SMILES string of the molecule is COc1ccc(CN(Cc2ccc(OC)cc2)S(=O)(=O)c2c(CCC3CCC(NC(=O)OC(C)(C)C)CC3)ccc(-c3cccc4sc(NC(=O)O)nc34)c2-c2nnnn2Cc2ccc(OC)cc2)cc1. The molecule has 19 heteroatoms. The van der Waals surface area contributed by atoms with Gasteiger partial charge in [-0.2, -0.15) is 4.31 Å². The van der Waals surface area contributed by atoms with Crippen LogP contribution in [-0.4, -0.2) is 88.2 Å². The molecule has 71 heavy (non-hydrogen) atoms. The molecule has 0 saturated heterocycles. The van der Waals surface area contributed by atoms with Crippen LogP contribution in [0.5, 0.6) is 17.2 Å². The number of thiazole rings is 1. The van der Waals surface area contributed by atoms with Crippen molar-refractivity contribution >= 4 is 48.9 Å². The van der Waals surface area contributed by atoms with Crippen LogP contribution in [0.2, 0.25) is 0 Å². The number of sulfonamides is 1. The first-order valence-electron chi connectivity index (χ1n) is 23.3. The third kappa shape index (κ3) is 12.3. The van der Waals surface area contributed by atoms with Gasteiger partial charge < -0.3 is 29.4 Å². The number of rotatable bonds is 18. The van der Waals surface area contributed by atoms with Crippen molar-refractivity contribution in [3.8, 4) is 39.8 Å². The fourth-order valence-electron chi connectivity index (χ4n) is 8.92. The van der Waals surface area contributed by atoms with Gasteiger partial charge in [0.1, 0.15) is 22.8 Å². The normalized spacial score (nSPS) is 15.1. The van der Waals surface area contributed by atoms with Crippen molar-refractivity contribution in [2.24, 2.45) is 5.92 Å². The number of ether oxygens (including phenoxy) is 4. The number of tetrazole rings is 1. The molecule has 0 bridgehead atoms. The number of hydrogen-bond acceptors (Lipinski definition) is 13. The summed E-state index contributed by atoms with van der Waals surface area (Å²) in [6, 6.07) is 31.3. The van der Waals surface area contributed by atoms with E-state index in [1.807, 2.05) is 99.6 Å². The Labute approximate surface area is 417 Å². The summed E-state index contributed by atoms with van der Waals surface area (Å²) in [5.41, 5.74) is 4.04. The first-order valence-corrected chi connectivity index (χ1v) is 25.6. The maximum atomic E-state index is 16.4. The van der Waals surface area contributed by atoms with E-state index in [1.165, 1.54) is 15.6 Å². The van der Waals surface area contributed by atoms with Crippen LogP contribution in [0.1, 0.15) is 75.1 Å². The van der Waals surface area contributed by atoms with E-state index in [4.69, 9.17) is 23.9 Å². The zero-order valence-corrected chi connectivity index (χ0v) is 42.2. The number of fused-ring (bicyclic) bond motifs is 1. The lowest BCUT2D eigenvalue weighted by atomic mass is 9.82. The summed E-state index contributed by atoms with van der Waals surface area (Å²) in [5.74, 6) is 2.38. The van der Waals surface area contributed by atoms with Crippen LogP contribution < -0.4 is 24.8 Å². The lowest BCUT2D eigenvalue weighted by molar-refractivity contribution is 0.0486. The van der Waals surface area contributed by atoms with Crippen molar-refractivity contribution in [1.29, 1.82) is 0 Å². The Kier molecular flexibility index (Phi) is 15.5.